The van der Waals surface area contributed by atoms with Crippen molar-refractivity contribution >= 4 is 16.7 Å². The Hall–Kier alpha value is -2.24. The van der Waals surface area contributed by atoms with Crippen molar-refractivity contribution in [3.05, 3.63) is 52.3 Å². The average molecular weight is 255 g/mol. The fourth-order valence-electron chi connectivity index (χ4n) is 1.72. The minimum atomic E-state index is -4.64. The standard InChI is InChI=1S/C12H8F3NO2/c1-6(17)7-5-16-9-4-2-3-8(12(13,14)15)10(9)11(7)18/h2-5,17H,1H2,(H,16,18). The molecule has 0 radical (unpaired) electrons. The summed E-state index contributed by atoms with van der Waals surface area (Å²) < 4.78 is 38.4. The van der Waals surface area contributed by atoms with Gasteiger partial charge in [0.25, 0.3) is 0 Å². The number of hydrogen-bond acceptors (Lipinski definition) is 2. The smallest absolute Gasteiger partial charge is 0.417 e. The highest BCUT2D eigenvalue weighted by atomic mass is 19.4. The Bertz CT molecular complexity index is 686. The van der Waals surface area contributed by atoms with Gasteiger partial charge in [0.2, 0.25) is 5.43 Å². The van der Waals surface area contributed by atoms with Crippen molar-refractivity contribution in [1.29, 1.82) is 0 Å². The molecular formula is C12H8F3NO2. The van der Waals surface area contributed by atoms with Crippen LogP contribution in [0.15, 0.2) is 35.8 Å². The van der Waals surface area contributed by atoms with Crippen LogP contribution in [0.2, 0.25) is 0 Å². The van der Waals surface area contributed by atoms with Crippen LogP contribution in [-0.4, -0.2) is 10.1 Å². The SMILES string of the molecule is C=C(O)c1c[nH]c2cccc(C(F)(F)F)c2c1=O. The molecule has 0 aliphatic carbocycles. The molecule has 0 aliphatic rings. The van der Waals surface area contributed by atoms with E-state index in [0.717, 1.165) is 12.3 Å². The molecule has 2 aromatic rings. The van der Waals surface area contributed by atoms with E-state index in [9.17, 15) is 18.0 Å². The second kappa shape index (κ2) is 3.90. The number of nitrogens with one attached hydrogen (secondary N) is 1. The lowest BCUT2D eigenvalue weighted by molar-refractivity contribution is -0.136. The van der Waals surface area contributed by atoms with E-state index in [1.165, 1.54) is 12.1 Å². The quantitative estimate of drug-likeness (QED) is 0.769. The minimum Gasteiger partial charge on any atom is -0.508 e. The topological polar surface area (TPSA) is 53.1 Å². The molecule has 0 spiro atoms. The number of H-pyrrole nitrogens is 1. The van der Waals surface area contributed by atoms with E-state index in [-0.39, 0.29) is 11.1 Å². The highest BCUT2D eigenvalue weighted by Crippen LogP contribution is 2.33. The molecule has 2 rings (SSSR count). The van der Waals surface area contributed by atoms with Crippen molar-refractivity contribution < 1.29 is 18.3 Å². The molecule has 94 valence electrons. The maximum absolute atomic E-state index is 12.8. The lowest BCUT2D eigenvalue weighted by atomic mass is 10.0. The molecular weight excluding hydrogens is 247 g/mol. The molecule has 0 unspecified atom stereocenters. The van der Waals surface area contributed by atoms with Gasteiger partial charge in [-0.2, -0.15) is 13.2 Å². The summed E-state index contributed by atoms with van der Waals surface area (Å²) in [4.78, 5) is 14.4. The number of aromatic nitrogens is 1. The third-order valence-electron chi connectivity index (χ3n) is 2.52. The Morgan fingerprint density at radius 2 is 2.00 bits per heavy atom. The molecule has 0 saturated carbocycles. The van der Waals surface area contributed by atoms with Crippen LogP contribution in [-0.2, 0) is 6.18 Å². The van der Waals surface area contributed by atoms with Crippen molar-refractivity contribution in [3.63, 3.8) is 0 Å². The molecule has 0 atom stereocenters. The van der Waals surface area contributed by atoms with Gasteiger partial charge in [0.05, 0.1) is 16.5 Å². The van der Waals surface area contributed by atoms with Crippen molar-refractivity contribution in [3.8, 4) is 0 Å². The van der Waals surface area contributed by atoms with Gasteiger partial charge < -0.3 is 10.1 Å². The zero-order valence-corrected chi connectivity index (χ0v) is 9.01. The summed E-state index contributed by atoms with van der Waals surface area (Å²) in [6, 6.07) is 3.38. The van der Waals surface area contributed by atoms with Crippen molar-refractivity contribution in [2.75, 3.05) is 0 Å². The van der Waals surface area contributed by atoms with Crippen LogP contribution >= 0.6 is 0 Å². The van der Waals surface area contributed by atoms with Crippen LogP contribution in [0, 0.1) is 0 Å². The maximum Gasteiger partial charge on any atom is 0.417 e. The van der Waals surface area contributed by atoms with Crippen molar-refractivity contribution in [2.45, 2.75) is 6.18 Å². The summed E-state index contributed by atoms with van der Waals surface area (Å²) in [6.45, 7) is 3.14. The molecule has 3 nitrogen and oxygen atoms in total. The van der Waals surface area contributed by atoms with Crippen molar-refractivity contribution in [2.24, 2.45) is 0 Å². The molecule has 0 saturated heterocycles. The van der Waals surface area contributed by atoms with E-state index < -0.39 is 28.3 Å². The third kappa shape index (κ3) is 1.85. The van der Waals surface area contributed by atoms with Gasteiger partial charge in [0.1, 0.15) is 5.76 Å². The summed E-state index contributed by atoms with van der Waals surface area (Å²) in [5, 5.41) is 8.66. The third-order valence-corrected chi connectivity index (χ3v) is 2.52. The van der Waals surface area contributed by atoms with Crippen LogP contribution in [0.3, 0.4) is 0 Å². The van der Waals surface area contributed by atoms with Gasteiger partial charge in [-0.3, -0.25) is 4.79 Å². The van der Waals surface area contributed by atoms with Crippen LogP contribution in [0.5, 0.6) is 0 Å². The second-order valence-electron chi connectivity index (χ2n) is 3.70. The van der Waals surface area contributed by atoms with Crippen molar-refractivity contribution in [1.82, 2.24) is 4.98 Å². The number of alkyl halides is 3. The predicted molar refractivity (Wildman–Crippen MR) is 61.2 cm³/mol. The number of benzene rings is 1. The number of halogens is 3. The zero-order chi connectivity index (χ0) is 13.5. The molecule has 6 heteroatoms. The summed E-state index contributed by atoms with van der Waals surface area (Å²) in [7, 11) is 0. The first-order valence-electron chi connectivity index (χ1n) is 4.92. The number of aromatic amines is 1. The molecule has 0 fully saturated rings. The number of pyridine rings is 1. The number of rotatable bonds is 1. The van der Waals surface area contributed by atoms with E-state index in [4.69, 9.17) is 5.11 Å². The number of aliphatic hydroxyl groups excluding tert-OH is 1. The fourth-order valence-corrected chi connectivity index (χ4v) is 1.72. The van der Waals surface area contributed by atoms with Crippen LogP contribution in [0.25, 0.3) is 16.7 Å². The lowest BCUT2D eigenvalue weighted by Gasteiger charge is -2.10. The normalized spacial score (nSPS) is 11.7. The first-order valence-corrected chi connectivity index (χ1v) is 4.92. The summed E-state index contributed by atoms with van der Waals surface area (Å²) in [5.41, 5.74) is -2.16. The number of fused-ring (bicyclic) bond motifs is 1. The van der Waals surface area contributed by atoms with Gasteiger partial charge in [0, 0.05) is 11.7 Å². The molecule has 0 amide bonds. The monoisotopic (exact) mass is 255 g/mol. The van der Waals surface area contributed by atoms with Gasteiger partial charge >= 0.3 is 6.18 Å². The molecule has 1 aromatic carbocycles. The molecule has 0 bridgehead atoms. The predicted octanol–water partition coefficient (Wildman–Crippen LogP) is 3.08. The molecule has 1 heterocycles. The van der Waals surface area contributed by atoms with E-state index >= 15 is 0 Å². The number of aliphatic hydroxyl groups is 1. The number of hydrogen-bond donors (Lipinski definition) is 2. The molecule has 2 N–H and O–H groups in total. The Labute approximate surface area is 99.2 Å². The Balaban J connectivity index is 2.95. The Kier molecular flexibility index (Phi) is 2.65. The minimum absolute atomic E-state index is 0.0554. The summed E-state index contributed by atoms with van der Waals surface area (Å²) in [5.74, 6) is -0.574. The fraction of sp³-hybridized carbons (Fsp3) is 0.0833. The summed E-state index contributed by atoms with van der Waals surface area (Å²) in [6.07, 6.45) is -3.50. The average Bonchev–Trinajstić information content (AvgIpc) is 2.27. The van der Waals surface area contributed by atoms with E-state index in [1.807, 2.05) is 0 Å². The first kappa shape index (κ1) is 12.2. The second-order valence-corrected chi connectivity index (χ2v) is 3.70. The van der Waals surface area contributed by atoms with E-state index in [2.05, 4.69) is 11.6 Å². The Morgan fingerprint density at radius 1 is 1.33 bits per heavy atom. The van der Waals surface area contributed by atoms with Gasteiger partial charge in [0.15, 0.2) is 0 Å². The van der Waals surface area contributed by atoms with Gasteiger partial charge in [-0.1, -0.05) is 12.6 Å². The Morgan fingerprint density at radius 3 is 2.56 bits per heavy atom. The molecule has 0 aliphatic heterocycles. The van der Waals surface area contributed by atoms with E-state index in [1.54, 1.807) is 0 Å². The zero-order valence-electron chi connectivity index (χ0n) is 9.01. The largest absolute Gasteiger partial charge is 0.508 e. The van der Waals surface area contributed by atoms with Gasteiger partial charge in [-0.05, 0) is 12.1 Å². The molecule has 18 heavy (non-hydrogen) atoms. The van der Waals surface area contributed by atoms with Gasteiger partial charge in [-0.15, -0.1) is 0 Å². The van der Waals surface area contributed by atoms with Gasteiger partial charge in [-0.25, -0.2) is 0 Å². The van der Waals surface area contributed by atoms with Crippen LogP contribution in [0.4, 0.5) is 13.2 Å². The highest BCUT2D eigenvalue weighted by molar-refractivity contribution is 5.84. The first-order chi connectivity index (χ1) is 8.32. The highest BCUT2D eigenvalue weighted by Gasteiger charge is 2.33. The van der Waals surface area contributed by atoms with Crippen LogP contribution in [0.1, 0.15) is 11.1 Å². The van der Waals surface area contributed by atoms with E-state index in [0.29, 0.717) is 0 Å². The summed E-state index contributed by atoms with van der Waals surface area (Å²) >= 11 is 0. The van der Waals surface area contributed by atoms with Crippen LogP contribution < -0.4 is 5.43 Å². The molecule has 1 aromatic heterocycles. The maximum atomic E-state index is 12.8. The lowest BCUT2D eigenvalue weighted by Crippen LogP contribution is -2.15.